The van der Waals surface area contributed by atoms with Crippen LogP contribution < -0.4 is 10.7 Å². The number of benzene rings is 2. The summed E-state index contributed by atoms with van der Waals surface area (Å²) in [5.41, 5.74) is 5.62. The van der Waals surface area contributed by atoms with E-state index < -0.39 is 0 Å². The number of nitrogens with one attached hydrogen (secondary N) is 2. The lowest BCUT2D eigenvalue weighted by atomic mass is 10.1. The molecule has 0 aliphatic rings. The number of carbonyl (C=O) groups excluding carboxylic acids is 2. The highest BCUT2D eigenvalue weighted by Crippen LogP contribution is 2.13. The first kappa shape index (κ1) is 18.0. The Kier molecular flexibility index (Phi) is 5.69. The summed E-state index contributed by atoms with van der Waals surface area (Å²) in [6, 6.07) is 19.3. The van der Waals surface area contributed by atoms with Crippen molar-refractivity contribution in [1.82, 2.24) is 10.4 Å². The summed E-state index contributed by atoms with van der Waals surface area (Å²) in [5, 5.41) is 6.68. The van der Waals surface area contributed by atoms with Crippen molar-refractivity contribution in [3.8, 4) is 0 Å². The van der Waals surface area contributed by atoms with Gasteiger partial charge in [-0.2, -0.15) is 5.10 Å². The largest absolute Gasteiger partial charge is 0.322 e. The van der Waals surface area contributed by atoms with E-state index in [1.165, 1.54) is 6.21 Å². The Morgan fingerprint density at radius 1 is 0.926 bits per heavy atom. The molecule has 0 aliphatic heterocycles. The van der Waals surface area contributed by atoms with Crippen molar-refractivity contribution in [1.29, 1.82) is 0 Å². The molecular weight excluding hydrogens is 340 g/mol. The molecule has 2 amide bonds. The summed E-state index contributed by atoms with van der Waals surface area (Å²) in [7, 11) is 0. The molecule has 1 heterocycles. The smallest absolute Gasteiger partial charge is 0.271 e. The van der Waals surface area contributed by atoms with Gasteiger partial charge < -0.3 is 5.32 Å². The van der Waals surface area contributed by atoms with Crippen LogP contribution in [0.1, 0.15) is 32.0 Å². The molecule has 27 heavy (non-hydrogen) atoms. The Morgan fingerprint density at radius 3 is 2.48 bits per heavy atom. The minimum absolute atomic E-state index is 0.235. The third-order valence-corrected chi connectivity index (χ3v) is 3.75. The van der Waals surface area contributed by atoms with Crippen LogP contribution in [0, 0.1) is 6.92 Å². The fourth-order valence-electron chi connectivity index (χ4n) is 2.32. The second-order valence-corrected chi connectivity index (χ2v) is 5.85. The first-order chi connectivity index (χ1) is 13.1. The van der Waals surface area contributed by atoms with E-state index >= 15 is 0 Å². The van der Waals surface area contributed by atoms with Crippen LogP contribution in [0.15, 0.2) is 78.0 Å². The molecule has 0 saturated carbocycles. The molecule has 0 aliphatic carbocycles. The molecule has 6 heteroatoms. The van der Waals surface area contributed by atoms with Gasteiger partial charge in [0.2, 0.25) is 0 Å². The van der Waals surface area contributed by atoms with Gasteiger partial charge in [0.15, 0.2) is 0 Å². The van der Waals surface area contributed by atoms with E-state index in [0.29, 0.717) is 22.5 Å². The third kappa shape index (κ3) is 5.09. The lowest BCUT2D eigenvalue weighted by molar-refractivity contribution is 0.0953. The number of aryl methyl sites for hydroxylation is 1. The molecular formula is C21H18N4O2. The lowest BCUT2D eigenvalue weighted by Crippen LogP contribution is -2.18. The van der Waals surface area contributed by atoms with Gasteiger partial charge >= 0.3 is 0 Å². The molecule has 0 saturated heterocycles. The van der Waals surface area contributed by atoms with Crippen LogP contribution in [0.3, 0.4) is 0 Å². The molecule has 134 valence electrons. The molecule has 0 atom stereocenters. The summed E-state index contributed by atoms with van der Waals surface area (Å²) < 4.78 is 0. The monoisotopic (exact) mass is 358 g/mol. The van der Waals surface area contributed by atoms with Crippen molar-refractivity contribution in [2.45, 2.75) is 6.92 Å². The van der Waals surface area contributed by atoms with Crippen molar-refractivity contribution in [3.05, 3.63) is 95.3 Å². The Bertz CT molecular complexity index is 967. The maximum absolute atomic E-state index is 12.3. The molecule has 3 aromatic rings. The fourth-order valence-corrected chi connectivity index (χ4v) is 2.32. The molecule has 2 N–H and O–H groups in total. The third-order valence-electron chi connectivity index (χ3n) is 3.75. The standard InChI is InChI=1S/C21H18N4O2/c1-15-8-10-16(11-9-15)20(26)24-18-7-4-5-17(13-18)21(27)25-23-14-19-6-2-3-12-22-19/h2-14H,1H3,(H,24,26)(H,25,27)/b23-14+. The van der Waals surface area contributed by atoms with Crippen LogP contribution in [-0.2, 0) is 0 Å². The zero-order chi connectivity index (χ0) is 19.1. The van der Waals surface area contributed by atoms with Crippen molar-refractivity contribution in [3.63, 3.8) is 0 Å². The zero-order valence-corrected chi connectivity index (χ0v) is 14.7. The zero-order valence-electron chi connectivity index (χ0n) is 14.7. The van der Waals surface area contributed by atoms with Gasteiger partial charge in [0.25, 0.3) is 11.8 Å². The van der Waals surface area contributed by atoms with E-state index in [0.717, 1.165) is 5.56 Å². The van der Waals surface area contributed by atoms with Crippen molar-refractivity contribution in [2.75, 3.05) is 5.32 Å². The van der Waals surface area contributed by atoms with Crippen LogP contribution in [0.4, 0.5) is 5.69 Å². The predicted molar refractivity (Wildman–Crippen MR) is 105 cm³/mol. The highest BCUT2D eigenvalue weighted by atomic mass is 16.2. The van der Waals surface area contributed by atoms with Crippen LogP contribution >= 0.6 is 0 Å². The Hall–Kier alpha value is -3.80. The minimum Gasteiger partial charge on any atom is -0.322 e. The SMILES string of the molecule is Cc1ccc(C(=O)Nc2cccc(C(=O)N/N=C/c3ccccn3)c2)cc1. The van der Waals surface area contributed by atoms with E-state index in [1.807, 2.05) is 25.1 Å². The van der Waals surface area contributed by atoms with Crippen molar-refractivity contribution in [2.24, 2.45) is 5.10 Å². The molecule has 1 aromatic heterocycles. The van der Waals surface area contributed by atoms with E-state index in [9.17, 15) is 9.59 Å². The second kappa shape index (κ2) is 8.53. The van der Waals surface area contributed by atoms with Crippen LogP contribution in [-0.4, -0.2) is 23.0 Å². The maximum atomic E-state index is 12.3. The number of hydrazone groups is 1. The van der Waals surface area contributed by atoms with Gasteiger partial charge in [0.1, 0.15) is 0 Å². The normalized spacial score (nSPS) is 10.6. The van der Waals surface area contributed by atoms with Gasteiger partial charge in [-0.25, -0.2) is 5.43 Å². The maximum Gasteiger partial charge on any atom is 0.271 e. The summed E-state index contributed by atoms with van der Waals surface area (Å²) in [5.74, 6) is -0.616. The molecule has 0 fully saturated rings. The number of carbonyl (C=O) groups is 2. The van der Waals surface area contributed by atoms with Crippen molar-refractivity contribution >= 4 is 23.7 Å². The second-order valence-electron chi connectivity index (χ2n) is 5.85. The Balaban J connectivity index is 1.64. The molecule has 0 radical (unpaired) electrons. The van der Waals surface area contributed by atoms with Gasteiger partial charge in [-0.15, -0.1) is 0 Å². The fraction of sp³-hybridized carbons (Fsp3) is 0.0476. The average molecular weight is 358 g/mol. The van der Waals surface area contributed by atoms with Gasteiger partial charge in [-0.3, -0.25) is 14.6 Å². The summed E-state index contributed by atoms with van der Waals surface area (Å²) >= 11 is 0. The molecule has 0 unspecified atom stereocenters. The Labute approximate surface area is 157 Å². The van der Waals surface area contributed by atoms with E-state index in [4.69, 9.17) is 0 Å². The highest BCUT2D eigenvalue weighted by molar-refractivity contribution is 6.05. The van der Waals surface area contributed by atoms with Crippen LogP contribution in [0.2, 0.25) is 0 Å². The number of aromatic nitrogens is 1. The number of hydrogen-bond donors (Lipinski definition) is 2. The van der Waals surface area contributed by atoms with Crippen LogP contribution in [0.25, 0.3) is 0 Å². The van der Waals surface area contributed by atoms with Crippen LogP contribution in [0.5, 0.6) is 0 Å². The molecule has 3 rings (SSSR count). The first-order valence-electron chi connectivity index (χ1n) is 8.34. The van der Waals surface area contributed by atoms with E-state index in [-0.39, 0.29) is 11.8 Å². The first-order valence-corrected chi connectivity index (χ1v) is 8.34. The quantitative estimate of drug-likeness (QED) is 0.541. The van der Waals surface area contributed by atoms with Crippen molar-refractivity contribution < 1.29 is 9.59 Å². The minimum atomic E-state index is -0.381. The molecule has 0 bridgehead atoms. The summed E-state index contributed by atoms with van der Waals surface area (Å²) in [6.45, 7) is 1.96. The molecule has 2 aromatic carbocycles. The summed E-state index contributed by atoms with van der Waals surface area (Å²) in [6.07, 6.45) is 3.10. The predicted octanol–water partition coefficient (Wildman–Crippen LogP) is 3.41. The number of amides is 2. The Morgan fingerprint density at radius 2 is 1.74 bits per heavy atom. The van der Waals surface area contributed by atoms with Gasteiger partial charge in [-0.1, -0.05) is 29.8 Å². The number of hydrogen-bond acceptors (Lipinski definition) is 4. The number of nitrogens with zero attached hydrogens (tertiary/aromatic N) is 2. The average Bonchev–Trinajstić information content (AvgIpc) is 2.69. The van der Waals surface area contributed by atoms with E-state index in [2.05, 4.69) is 20.8 Å². The summed E-state index contributed by atoms with van der Waals surface area (Å²) in [4.78, 5) is 28.6. The number of anilines is 1. The van der Waals surface area contributed by atoms with E-state index in [1.54, 1.807) is 54.7 Å². The van der Waals surface area contributed by atoms with Gasteiger partial charge in [0.05, 0.1) is 11.9 Å². The number of pyridine rings is 1. The topological polar surface area (TPSA) is 83.5 Å². The van der Waals surface area contributed by atoms with Gasteiger partial charge in [-0.05, 0) is 49.4 Å². The molecule has 6 nitrogen and oxygen atoms in total. The molecule has 0 spiro atoms. The van der Waals surface area contributed by atoms with Gasteiger partial charge in [0, 0.05) is 23.0 Å². The highest BCUT2D eigenvalue weighted by Gasteiger charge is 2.09. The lowest BCUT2D eigenvalue weighted by Gasteiger charge is -2.07. The number of rotatable bonds is 5.